The number of aromatic nitrogens is 4. The summed E-state index contributed by atoms with van der Waals surface area (Å²) in [6.07, 6.45) is 3.18. The number of nitrogens with zero attached hydrogens (tertiary/aromatic N) is 6. The van der Waals surface area contributed by atoms with E-state index >= 15 is 0 Å². The van der Waals surface area contributed by atoms with Crippen molar-refractivity contribution in [1.82, 2.24) is 24.8 Å². The van der Waals surface area contributed by atoms with Gasteiger partial charge in [0.15, 0.2) is 5.82 Å². The molecule has 1 N–H and O–H groups in total. The molecule has 1 saturated heterocycles. The molecule has 2 amide bonds. The molecule has 27 heavy (non-hydrogen) atoms. The molecule has 1 aliphatic carbocycles. The average molecular weight is 372 g/mol. The maximum absolute atomic E-state index is 12.6. The van der Waals surface area contributed by atoms with Gasteiger partial charge in [-0.05, 0) is 18.8 Å². The molecule has 2 aliphatic heterocycles. The number of carbonyl (C=O) groups is 2. The van der Waals surface area contributed by atoms with Crippen LogP contribution < -0.4 is 4.90 Å². The number of amides is 2. The highest BCUT2D eigenvalue weighted by Gasteiger charge is 2.43. The summed E-state index contributed by atoms with van der Waals surface area (Å²) >= 11 is 0. The zero-order chi connectivity index (χ0) is 18.7. The number of anilines is 1. The van der Waals surface area contributed by atoms with Gasteiger partial charge < -0.3 is 14.5 Å². The van der Waals surface area contributed by atoms with Gasteiger partial charge in [0.1, 0.15) is 0 Å². The average Bonchev–Trinajstić information content (AvgIpc) is 3.08. The lowest BCUT2D eigenvalue weighted by molar-refractivity contribution is -0.117. The van der Waals surface area contributed by atoms with Crippen LogP contribution in [0.25, 0.3) is 0 Å². The van der Waals surface area contributed by atoms with Crippen molar-refractivity contribution in [2.24, 2.45) is 5.92 Å². The third-order valence-corrected chi connectivity index (χ3v) is 5.74. The zero-order valence-corrected chi connectivity index (χ0v) is 14.9. The van der Waals surface area contributed by atoms with E-state index in [1.807, 2.05) is 4.68 Å². The SMILES string of the molecule is Cc1nc(C2CC(=O)N(c3cnn4c3CN(C(=O)O)C(C3CC3)C4)C2)no1. The van der Waals surface area contributed by atoms with Crippen LogP contribution >= 0.6 is 0 Å². The van der Waals surface area contributed by atoms with Crippen molar-refractivity contribution in [3.05, 3.63) is 23.6 Å². The number of aryl methyl sites for hydroxylation is 1. The Kier molecular flexibility index (Phi) is 3.49. The lowest BCUT2D eigenvalue weighted by Gasteiger charge is -2.35. The third kappa shape index (κ3) is 2.66. The van der Waals surface area contributed by atoms with Crippen molar-refractivity contribution in [1.29, 1.82) is 0 Å². The Hall–Kier alpha value is -2.91. The van der Waals surface area contributed by atoms with E-state index in [-0.39, 0.29) is 24.4 Å². The Bertz CT molecular complexity index is 916. The first kappa shape index (κ1) is 16.3. The summed E-state index contributed by atoms with van der Waals surface area (Å²) in [6.45, 7) is 2.95. The molecule has 2 unspecified atom stereocenters. The second-order valence-electron chi connectivity index (χ2n) is 7.55. The van der Waals surface area contributed by atoms with Gasteiger partial charge in [0, 0.05) is 25.8 Å². The van der Waals surface area contributed by atoms with Crippen LogP contribution in [0.1, 0.15) is 42.6 Å². The van der Waals surface area contributed by atoms with Crippen LogP contribution in [-0.2, 0) is 17.9 Å². The highest BCUT2D eigenvalue weighted by molar-refractivity contribution is 5.96. The van der Waals surface area contributed by atoms with Gasteiger partial charge in [0.2, 0.25) is 11.8 Å². The van der Waals surface area contributed by atoms with Gasteiger partial charge in [-0.1, -0.05) is 5.16 Å². The van der Waals surface area contributed by atoms with Crippen LogP contribution in [0.15, 0.2) is 10.7 Å². The molecule has 142 valence electrons. The zero-order valence-electron chi connectivity index (χ0n) is 14.9. The van der Waals surface area contributed by atoms with Crippen molar-refractivity contribution in [2.45, 2.75) is 51.2 Å². The first-order valence-electron chi connectivity index (χ1n) is 9.16. The third-order valence-electron chi connectivity index (χ3n) is 5.74. The molecule has 0 spiro atoms. The molecule has 4 heterocycles. The van der Waals surface area contributed by atoms with E-state index in [0.717, 1.165) is 18.5 Å². The van der Waals surface area contributed by atoms with Gasteiger partial charge in [-0.25, -0.2) is 4.79 Å². The summed E-state index contributed by atoms with van der Waals surface area (Å²) in [7, 11) is 0. The Morgan fingerprint density at radius 3 is 2.81 bits per heavy atom. The largest absolute Gasteiger partial charge is 0.465 e. The molecule has 5 rings (SSSR count). The maximum atomic E-state index is 12.6. The van der Waals surface area contributed by atoms with Crippen molar-refractivity contribution in [3.8, 4) is 0 Å². The second kappa shape index (κ2) is 5.80. The highest BCUT2D eigenvalue weighted by atomic mass is 16.5. The molecule has 2 fully saturated rings. The molecule has 1 saturated carbocycles. The Morgan fingerprint density at radius 2 is 2.15 bits per heavy atom. The number of hydrogen-bond donors (Lipinski definition) is 1. The van der Waals surface area contributed by atoms with Gasteiger partial charge in [-0.15, -0.1) is 0 Å². The van der Waals surface area contributed by atoms with Gasteiger partial charge in [-0.2, -0.15) is 10.1 Å². The molecule has 0 bridgehead atoms. The van der Waals surface area contributed by atoms with Crippen LogP contribution in [-0.4, -0.2) is 54.5 Å². The molecule has 3 aliphatic rings. The second-order valence-corrected chi connectivity index (χ2v) is 7.55. The predicted octanol–water partition coefficient (Wildman–Crippen LogP) is 1.37. The van der Waals surface area contributed by atoms with E-state index in [0.29, 0.717) is 42.8 Å². The number of rotatable bonds is 3. The van der Waals surface area contributed by atoms with Gasteiger partial charge in [-0.3, -0.25) is 14.4 Å². The normalized spacial score (nSPS) is 25.1. The first-order valence-corrected chi connectivity index (χ1v) is 9.16. The van der Waals surface area contributed by atoms with Crippen molar-refractivity contribution in [2.75, 3.05) is 11.4 Å². The van der Waals surface area contributed by atoms with Crippen LogP contribution in [0.4, 0.5) is 10.5 Å². The minimum absolute atomic E-state index is 0.0351. The van der Waals surface area contributed by atoms with Gasteiger partial charge >= 0.3 is 6.09 Å². The molecule has 2 aromatic rings. The van der Waals surface area contributed by atoms with Crippen LogP contribution in [0.2, 0.25) is 0 Å². The fourth-order valence-corrected chi connectivity index (χ4v) is 4.19. The molecular weight excluding hydrogens is 352 g/mol. The van der Waals surface area contributed by atoms with E-state index < -0.39 is 6.09 Å². The first-order chi connectivity index (χ1) is 13.0. The summed E-state index contributed by atoms with van der Waals surface area (Å²) < 4.78 is 6.89. The van der Waals surface area contributed by atoms with E-state index in [2.05, 4.69) is 15.2 Å². The van der Waals surface area contributed by atoms with Crippen molar-refractivity contribution < 1.29 is 19.2 Å². The minimum Gasteiger partial charge on any atom is -0.465 e. The number of carboxylic acid groups (broad SMARTS) is 1. The predicted molar refractivity (Wildman–Crippen MR) is 91.1 cm³/mol. The van der Waals surface area contributed by atoms with E-state index in [1.54, 1.807) is 18.0 Å². The Labute approximate surface area is 154 Å². The summed E-state index contributed by atoms with van der Waals surface area (Å²) in [5, 5.41) is 18.0. The topological polar surface area (TPSA) is 118 Å². The quantitative estimate of drug-likeness (QED) is 0.864. The van der Waals surface area contributed by atoms with E-state index in [1.165, 1.54) is 4.90 Å². The van der Waals surface area contributed by atoms with Crippen LogP contribution in [0.3, 0.4) is 0 Å². The van der Waals surface area contributed by atoms with Crippen molar-refractivity contribution in [3.63, 3.8) is 0 Å². The Morgan fingerprint density at radius 1 is 1.33 bits per heavy atom. The molecule has 2 atom stereocenters. The van der Waals surface area contributed by atoms with E-state index in [9.17, 15) is 14.7 Å². The lowest BCUT2D eigenvalue weighted by atomic mass is 10.1. The fourth-order valence-electron chi connectivity index (χ4n) is 4.19. The van der Waals surface area contributed by atoms with E-state index in [4.69, 9.17) is 4.52 Å². The number of fused-ring (bicyclic) bond motifs is 1. The molecule has 0 aromatic carbocycles. The maximum Gasteiger partial charge on any atom is 0.407 e. The molecule has 10 nitrogen and oxygen atoms in total. The summed E-state index contributed by atoms with van der Waals surface area (Å²) in [5.74, 6) is 1.25. The van der Waals surface area contributed by atoms with Crippen LogP contribution in [0, 0.1) is 12.8 Å². The summed E-state index contributed by atoms with van der Waals surface area (Å²) in [4.78, 5) is 31.8. The molecule has 0 radical (unpaired) electrons. The van der Waals surface area contributed by atoms with Crippen LogP contribution in [0.5, 0.6) is 0 Å². The minimum atomic E-state index is -0.918. The lowest BCUT2D eigenvalue weighted by Crippen LogP contribution is -2.47. The van der Waals surface area contributed by atoms with Crippen molar-refractivity contribution >= 4 is 17.7 Å². The number of hydrogen-bond acceptors (Lipinski definition) is 6. The molecular formula is C17H20N6O4. The summed E-state index contributed by atoms with van der Waals surface area (Å²) in [5.41, 5.74) is 1.45. The monoisotopic (exact) mass is 372 g/mol. The smallest absolute Gasteiger partial charge is 0.407 e. The summed E-state index contributed by atoms with van der Waals surface area (Å²) in [6, 6.07) is -0.0351. The fraction of sp³-hybridized carbons (Fsp3) is 0.588. The Balaban J connectivity index is 1.42. The molecule has 2 aromatic heterocycles. The highest BCUT2D eigenvalue weighted by Crippen LogP contribution is 2.40. The molecule has 10 heteroatoms. The van der Waals surface area contributed by atoms with Gasteiger partial charge in [0.05, 0.1) is 36.7 Å². The van der Waals surface area contributed by atoms with Gasteiger partial charge in [0.25, 0.3) is 0 Å². The standard InChI is InChI=1S/C17H20N6O4/c1-9-19-16(20-27-9)11-4-15(24)21(6-11)12-5-18-23-8-13(10-2-3-10)22(17(25)26)7-14(12)23/h5,10-11,13H,2-4,6-8H2,1H3,(H,25,26). The number of carbonyl (C=O) groups excluding carboxylic acids is 1.